The monoisotopic (exact) mass is 301 g/mol. The molecule has 1 saturated heterocycles. The van der Waals surface area contributed by atoms with Gasteiger partial charge in [0.05, 0.1) is 5.56 Å². The van der Waals surface area contributed by atoms with Crippen LogP contribution in [0.2, 0.25) is 0 Å². The van der Waals surface area contributed by atoms with E-state index < -0.39 is 0 Å². The zero-order chi connectivity index (χ0) is 15.0. The summed E-state index contributed by atoms with van der Waals surface area (Å²) in [6, 6.07) is 11.4. The molecule has 4 heteroatoms. The Labute approximate surface area is 129 Å². The molecule has 110 valence electrons. The van der Waals surface area contributed by atoms with Crippen molar-refractivity contribution in [3.05, 3.63) is 42.0 Å². The lowest BCUT2D eigenvalue weighted by Gasteiger charge is -2.37. The van der Waals surface area contributed by atoms with Crippen LogP contribution in [-0.2, 0) is 0 Å². The molecule has 0 aromatic heterocycles. The number of amides is 1. The first-order valence-corrected chi connectivity index (χ1v) is 8.27. The fraction of sp³-hybridized carbons (Fsp3) is 0.353. The molecule has 3 rings (SSSR count). The summed E-state index contributed by atoms with van der Waals surface area (Å²) in [4.78, 5) is 14.7. The van der Waals surface area contributed by atoms with Crippen LogP contribution in [-0.4, -0.2) is 39.5 Å². The molecule has 0 saturated carbocycles. The molecule has 1 aliphatic rings. The number of hydrogen-bond donors (Lipinski definition) is 1. The highest BCUT2D eigenvalue weighted by Crippen LogP contribution is 2.30. The van der Waals surface area contributed by atoms with Gasteiger partial charge in [0.15, 0.2) is 0 Å². The van der Waals surface area contributed by atoms with Gasteiger partial charge in [-0.3, -0.25) is 4.79 Å². The van der Waals surface area contributed by atoms with E-state index in [4.69, 9.17) is 0 Å². The third-order valence-corrected chi connectivity index (χ3v) is 5.58. The Hall–Kier alpha value is -1.68. The number of nitrogens with zero attached hydrogens (tertiary/aromatic N) is 1. The molecule has 2 aromatic carbocycles. The van der Waals surface area contributed by atoms with Crippen molar-refractivity contribution in [1.82, 2.24) is 4.90 Å². The molecule has 1 heterocycles. The van der Waals surface area contributed by atoms with Gasteiger partial charge in [0.25, 0.3) is 5.91 Å². The predicted molar refractivity (Wildman–Crippen MR) is 88.0 cm³/mol. The van der Waals surface area contributed by atoms with Crippen LogP contribution < -0.4 is 0 Å². The Morgan fingerprint density at radius 3 is 2.62 bits per heavy atom. The number of rotatable bonds is 1. The van der Waals surface area contributed by atoms with E-state index >= 15 is 0 Å². The third kappa shape index (κ3) is 2.60. The molecule has 0 radical (unpaired) electrons. The van der Waals surface area contributed by atoms with Crippen molar-refractivity contribution in [3.63, 3.8) is 0 Å². The second kappa shape index (κ2) is 5.60. The predicted octanol–water partition coefficient (Wildman–Crippen LogP) is 3.51. The van der Waals surface area contributed by atoms with Gasteiger partial charge in [0, 0.05) is 23.6 Å². The first kappa shape index (κ1) is 14.3. The van der Waals surface area contributed by atoms with Crippen LogP contribution in [0.4, 0.5) is 0 Å². The molecule has 1 fully saturated rings. The lowest BCUT2D eigenvalue weighted by Crippen LogP contribution is -2.47. The molecule has 2 aromatic rings. The van der Waals surface area contributed by atoms with Crippen LogP contribution in [0.1, 0.15) is 24.2 Å². The molecule has 1 aliphatic heterocycles. The quantitative estimate of drug-likeness (QED) is 0.876. The lowest BCUT2D eigenvalue weighted by atomic mass is 10.0. The van der Waals surface area contributed by atoms with Crippen LogP contribution in [0.15, 0.2) is 36.4 Å². The van der Waals surface area contributed by atoms with E-state index in [0.717, 1.165) is 23.1 Å². The molecule has 1 amide bonds. The summed E-state index contributed by atoms with van der Waals surface area (Å²) < 4.78 is 0. The van der Waals surface area contributed by atoms with Crippen molar-refractivity contribution >= 4 is 28.4 Å². The lowest BCUT2D eigenvalue weighted by molar-refractivity contribution is 0.0695. The van der Waals surface area contributed by atoms with Crippen molar-refractivity contribution in [3.8, 4) is 5.75 Å². The maximum absolute atomic E-state index is 12.8. The first-order valence-electron chi connectivity index (χ1n) is 7.22. The third-order valence-electron chi connectivity index (χ3n) is 4.24. The van der Waals surface area contributed by atoms with E-state index in [0.29, 0.717) is 10.8 Å². The second-order valence-electron chi connectivity index (χ2n) is 5.53. The van der Waals surface area contributed by atoms with E-state index in [2.05, 4.69) is 13.8 Å². The first-order chi connectivity index (χ1) is 10.1. The Morgan fingerprint density at radius 1 is 1.24 bits per heavy atom. The maximum Gasteiger partial charge on any atom is 0.257 e. The molecule has 0 aliphatic carbocycles. The average Bonchev–Trinajstić information content (AvgIpc) is 2.48. The van der Waals surface area contributed by atoms with Gasteiger partial charge in [0.1, 0.15) is 5.75 Å². The number of carbonyl (C=O) groups excluding carboxylic acids is 1. The fourth-order valence-corrected chi connectivity index (χ4v) is 3.87. The standard InChI is InChI=1S/C17H19NO2S/c1-11-12(2)21-8-7-18(11)17(20)15-9-13-5-3-4-6-14(13)10-16(15)19/h3-6,9-12,19H,7-8H2,1-2H3. The molecule has 2 atom stereocenters. The summed E-state index contributed by atoms with van der Waals surface area (Å²) in [7, 11) is 0. The molecule has 2 unspecified atom stereocenters. The normalized spacial score (nSPS) is 22.5. The van der Waals surface area contributed by atoms with Crippen molar-refractivity contribution in [2.45, 2.75) is 25.1 Å². The van der Waals surface area contributed by atoms with Gasteiger partial charge in [-0.2, -0.15) is 11.8 Å². The van der Waals surface area contributed by atoms with Gasteiger partial charge >= 0.3 is 0 Å². The van der Waals surface area contributed by atoms with Crippen LogP contribution in [0.25, 0.3) is 10.8 Å². The molecule has 0 spiro atoms. The van der Waals surface area contributed by atoms with Gasteiger partial charge < -0.3 is 10.0 Å². The molecule has 3 nitrogen and oxygen atoms in total. The van der Waals surface area contributed by atoms with Crippen molar-refractivity contribution in [2.24, 2.45) is 0 Å². The fourth-order valence-electron chi connectivity index (χ4n) is 2.77. The highest BCUT2D eigenvalue weighted by Gasteiger charge is 2.30. The molecular weight excluding hydrogens is 282 g/mol. The molecular formula is C17H19NO2S. The van der Waals surface area contributed by atoms with Gasteiger partial charge in [0.2, 0.25) is 0 Å². The van der Waals surface area contributed by atoms with Gasteiger partial charge in [-0.25, -0.2) is 0 Å². The zero-order valence-electron chi connectivity index (χ0n) is 12.2. The van der Waals surface area contributed by atoms with Crippen LogP contribution in [0.5, 0.6) is 5.75 Å². The SMILES string of the molecule is CC1SCCN(C(=O)c2cc3ccccc3cc2O)C1C. The number of phenolic OH excluding ortho intramolecular Hbond substituents is 1. The smallest absolute Gasteiger partial charge is 0.257 e. The van der Waals surface area contributed by atoms with Gasteiger partial charge in [-0.05, 0) is 29.8 Å². The number of fused-ring (bicyclic) bond motifs is 1. The minimum atomic E-state index is -0.0714. The minimum absolute atomic E-state index is 0.0665. The number of phenols is 1. The summed E-state index contributed by atoms with van der Waals surface area (Å²) in [5.41, 5.74) is 0.402. The van der Waals surface area contributed by atoms with E-state index in [9.17, 15) is 9.90 Å². The second-order valence-corrected chi connectivity index (χ2v) is 7.02. The Morgan fingerprint density at radius 2 is 1.90 bits per heavy atom. The number of benzene rings is 2. The summed E-state index contributed by atoms with van der Waals surface area (Å²) >= 11 is 1.89. The summed E-state index contributed by atoms with van der Waals surface area (Å²) in [5.74, 6) is 0.945. The van der Waals surface area contributed by atoms with E-state index in [1.165, 1.54) is 0 Å². The van der Waals surface area contributed by atoms with E-state index in [1.54, 1.807) is 12.1 Å². The molecule has 21 heavy (non-hydrogen) atoms. The van der Waals surface area contributed by atoms with E-state index in [1.807, 2.05) is 40.9 Å². The zero-order valence-corrected chi connectivity index (χ0v) is 13.1. The van der Waals surface area contributed by atoms with E-state index in [-0.39, 0.29) is 17.7 Å². The minimum Gasteiger partial charge on any atom is -0.507 e. The number of hydrogen-bond acceptors (Lipinski definition) is 3. The number of thioether (sulfide) groups is 1. The maximum atomic E-state index is 12.8. The molecule has 0 bridgehead atoms. The Balaban J connectivity index is 1.99. The number of aromatic hydroxyl groups is 1. The topological polar surface area (TPSA) is 40.5 Å². The van der Waals surface area contributed by atoms with Crippen LogP contribution in [0, 0.1) is 0 Å². The van der Waals surface area contributed by atoms with Crippen LogP contribution in [0.3, 0.4) is 0 Å². The van der Waals surface area contributed by atoms with Crippen molar-refractivity contribution in [2.75, 3.05) is 12.3 Å². The largest absolute Gasteiger partial charge is 0.507 e. The van der Waals surface area contributed by atoms with Crippen molar-refractivity contribution < 1.29 is 9.90 Å². The van der Waals surface area contributed by atoms with Gasteiger partial charge in [-0.1, -0.05) is 31.2 Å². The highest BCUT2D eigenvalue weighted by molar-refractivity contribution is 8.00. The highest BCUT2D eigenvalue weighted by atomic mass is 32.2. The average molecular weight is 301 g/mol. The van der Waals surface area contributed by atoms with Gasteiger partial charge in [-0.15, -0.1) is 0 Å². The Bertz CT molecular complexity index is 686. The number of carbonyl (C=O) groups is 1. The molecule has 1 N–H and O–H groups in total. The van der Waals surface area contributed by atoms with Crippen LogP contribution >= 0.6 is 11.8 Å². The summed E-state index contributed by atoms with van der Waals surface area (Å²) in [6.07, 6.45) is 0. The summed E-state index contributed by atoms with van der Waals surface area (Å²) in [6.45, 7) is 4.96. The van der Waals surface area contributed by atoms with Crippen molar-refractivity contribution in [1.29, 1.82) is 0 Å². The summed E-state index contributed by atoms with van der Waals surface area (Å²) in [5, 5.41) is 12.6. The Kier molecular flexibility index (Phi) is 3.81.